The summed E-state index contributed by atoms with van der Waals surface area (Å²) in [6, 6.07) is 16.0. The fourth-order valence-corrected chi connectivity index (χ4v) is 2.99. The first-order chi connectivity index (χ1) is 14.5. The molecule has 0 atom stereocenters. The third-order valence-electron chi connectivity index (χ3n) is 4.22. The Morgan fingerprint density at radius 2 is 1.67 bits per heavy atom. The van der Waals surface area contributed by atoms with Crippen LogP contribution in [0.3, 0.4) is 0 Å². The Bertz CT molecular complexity index is 1070. The Balaban J connectivity index is 2.25. The van der Waals surface area contributed by atoms with E-state index in [0.717, 1.165) is 0 Å². The summed E-state index contributed by atoms with van der Waals surface area (Å²) in [5.74, 6) is -1.61. The molecule has 0 unspecified atom stereocenters. The van der Waals surface area contributed by atoms with Crippen LogP contribution in [0, 0.1) is 0 Å². The van der Waals surface area contributed by atoms with Crippen LogP contribution in [0.25, 0.3) is 16.9 Å². The highest BCUT2D eigenvalue weighted by Crippen LogP contribution is 2.31. The van der Waals surface area contributed by atoms with Crippen molar-refractivity contribution in [3.05, 3.63) is 65.9 Å². The molecule has 3 rings (SSSR count). The lowest BCUT2D eigenvalue weighted by Gasteiger charge is -2.11. The number of hydrogen-bond acceptors (Lipinski definition) is 6. The van der Waals surface area contributed by atoms with Crippen molar-refractivity contribution >= 4 is 23.5 Å². The van der Waals surface area contributed by atoms with E-state index >= 15 is 0 Å². The molecule has 3 aromatic rings. The first-order valence-corrected chi connectivity index (χ1v) is 9.28. The van der Waals surface area contributed by atoms with E-state index in [1.807, 2.05) is 30.3 Å². The number of nitrogens with zero attached hydrogens (tertiary/aromatic N) is 2. The number of methoxy groups -OCH3 is 1. The molecule has 8 heteroatoms. The summed E-state index contributed by atoms with van der Waals surface area (Å²) in [7, 11) is 1.22. The van der Waals surface area contributed by atoms with Crippen LogP contribution in [-0.2, 0) is 14.3 Å². The van der Waals surface area contributed by atoms with Gasteiger partial charge >= 0.3 is 11.9 Å². The second kappa shape index (κ2) is 9.04. The normalized spacial score (nSPS) is 10.4. The molecular formula is C22H21N3O5. The maximum atomic E-state index is 12.8. The molecule has 2 aromatic carbocycles. The van der Waals surface area contributed by atoms with Gasteiger partial charge in [-0.25, -0.2) is 14.3 Å². The minimum absolute atomic E-state index is 0.0286. The molecule has 1 N–H and O–H groups in total. The summed E-state index contributed by atoms with van der Waals surface area (Å²) >= 11 is 0. The number of nitrogens with one attached hydrogen (secondary N) is 1. The number of amides is 1. The number of anilines is 1. The minimum Gasteiger partial charge on any atom is -0.464 e. The summed E-state index contributed by atoms with van der Waals surface area (Å²) in [5, 5.41) is 7.07. The van der Waals surface area contributed by atoms with Gasteiger partial charge in [0.25, 0.3) is 0 Å². The number of carbonyl (C=O) groups is 3. The lowest BCUT2D eigenvalue weighted by atomic mass is 10.1. The first kappa shape index (κ1) is 20.8. The Hall–Kier alpha value is -3.94. The number of rotatable bonds is 6. The molecule has 0 saturated carbocycles. The minimum atomic E-state index is -0.746. The fourth-order valence-electron chi connectivity index (χ4n) is 2.99. The van der Waals surface area contributed by atoms with Crippen LogP contribution in [-0.4, -0.2) is 41.3 Å². The van der Waals surface area contributed by atoms with Crippen LogP contribution < -0.4 is 5.32 Å². The highest BCUT2D eigenvalue weighted by atomic mass is 16.5. The van der Waals surface area contributed by atoms with Gasteiger partial charge in [0.15, 0.2) is 5.69 Å². The number of hydrogen-bond donors (Lipinski definition) is 1. The molecule has 30 heavy (non-hydrogen) atoms. The van der Waals surface area contributed by atoms with E-state index < -0.39 is 11.9 Å². The summed E-state index contributed by atoms with van der Waals surface area (Å²) in [4.78, 5) is 36.4. The Morgan fingerprint density at radius 3 is 2.23 bits per heavy atom. The number of aromatic nitrogens is 2. The van der Waals surface area contributed by atoms with Crippen molar-refractivity contribution in [2.45, 2.75) is 13.8 Å². The molecule has 0 fully saturated rings. The largest absolute Gasteiger partial charge is 0.464 e. The van der Waals surface area contributed by atoms with Crippen LogP contribution in [0.1, 0.15) is 34.7 Å². The van der Waals surface area contributed by atoms with Gasteiger partial charge in [-0.15, -0.1) is 0 Å². The maximum absolute atomic E-state index is 12.8. The molecule has 0 spiro atoms. The van der Waals surface area contributed by atoms with Gasteiger partial charge in [-0.3, -0.25) is 4.79 Å². The Labute approximate surface area is 173 Å². The summed E-state index contributed by atoms with van der Waals surface area (Å²) in [6.45, 7) is 3.25. The van der Waals surface area contributed by atoms with E-state index in [0.29, 0.717) is 22.6 Å². The number of esters is 2. The number of ether oxygens (including phenoxy) is 2. The average Bonchev–Trinajstić information content (AvgIpc) is 3.15. The Kier molecular flexibility index (Phi) is 6.26. The molecule has 0 aliphatic heterocycles. The lowest BCUT2D eigenvalue weighted by molar-refractivity contribution is -0.114. The molecule has 154 valence electrons. The van der Waals surface area contributed by atoms with Gasteiger partial charge in [-0.1, -0.05) is 30.3 Å². The summed E-state index contributed by atoms with van der Waals surface area (Å²) < 4.78 is 11.5. The van der Waals surface area contributed by atoms with Crippen molar-refractivity contribution in [3.8, 4) is 16.9 Å². The third kappa shape index (κ3) is 4.22. The third-order valence-corrected chi connectivity index (χ3v) is 4.22. The smallest absolute Gasteiger partial charge is 0.359 e. The second-order valence-corrected chi connectivity index (χ2v) is 6.29. The fraction of sp³-hybridized carbons (Fsp3) is 0.182. The highest BCUT2D eigenvalue weighted by Gasteiger charge is 2.31. The van der Waals surface area contributed by atoms with Crippen molar-refractivity contribution < 1.29 is 23.9 Å². The van der Waals surface area contributed by atoms with Gasteiger partial charge in [0.1, 0.15) is 5.56 Å². The second-order valence-electron chi connectivity index (χ2n) is 6.29. The molecule has 1 heterocycles. The van der Waals surface area contributed by atoms with E-state index in [9.17, 15) is 14.4 Å². The highest BCUT2D eigenvalue weighted by molar-refractivity contribution is 6.06. The number of benzene rings is 2. The molecular weight excluding hydrogens is 386 g/mol. The van der Waals surface area contributed by atoms with Crippen LogP contribution in [0.15, 0.2) is 54.6 Å². The number of carbonyl (C=O) groups excluding carboxylic acids is 3. The zero-order chi connectivity index (χ0) is 21.7. The van der Waals surface area contributed by atoms with Crippen molar-refractivity contribution in [2.24, 2.45) is 0 Å². The molecule has 1 amide bonds. The van der Waals surface area contributed by atoms with Gasteiger partial charge in [0, 0.05) is 18.2 Å². The standard InChI is InChI=1S/C22H21N3O5/c1-4-30-21(27)18-19(22(28)29-3)24-25(20(18)15-8-6-5-7-9-15)17-12-10-16(11-13-17)23-14(2)26/h5-13H,4H2,1-3H3,(H,23,26). The van der Waals surface area contributed by atoms with Gasteiger partial charge in [-0.05, 0) is 31.2 Å². The van der Waals surface area contributed by atoms with Crippen molar-refractivity contribution in [1.82, 2.24) is 9.78 Å². The lowest BCUT2D eigenvalue weighted by Crippen LogP contribution is -2.12. The zero-order valence-electron chi connectivity index (χ0n) is 16.8. The van der Waals surface area contributed by atoms with Crippen molar-refractivity contribution in [1.29, 1.82) is 0 Å². The predicted octanol–water partition coefficient (Wildman–Crippen LogP) is 3.46. The van der Waals surface area contributed by atoms with Crippen LogP contribution >= 0.6 is 0 Å². The van der Waals surface area contributed by atoms with Gasteiger partial charge in [0.05, 0.1) is 25.1 Å². The summed E-state index contributed by atoms with van der Waals surface area (Å²) in [5.41, 5.74) is 2.17. The van der Waals surface area contributed by atoms with E-state index in [1.54, 1.807) is 31.2 Å². The van der Waals surface area contributed by atoms with Crippen LogP contribution in [0.5, 0.6) is 0 Å². The van der Waals surface area contributed by atoms with Crippen LogP contribution in [0.4, 0.5) is 5.69 Å². The van der Waals surface area contributed by atoms with Gasteiger partial charge in [-0.2, -0.15) is 5.10 Å². The van der Waals surface area contributed by atoms with Crippen LogP contribution in [0.2, 0.25) is 0 Å². The maximum Gasteiger partial charge on any atom is 0.359 e. The predicted molar refractivity (Wildman–Crippen MR) is 111 cm³/mol. The molecule has 8 nitrogen and oxygen atoms in total. The average molecular weight is 407 g/mol. The van der Waals surface area contributed by atoms with Crippen molar-refractivity contribution in [3.63, 3.8) is 0 Å². The first-order valence-electron chi connectivity index (χ1n) is 9.28. The van der Waals surface area contributed by atoms with Gasteiger partial charge < -0.3 is 14.8 Å². The summed E-state index contributed by atoms with van der Waals surface area (Å²) in [6.07, 6.45) is 0. The molecule has 0 aliphatic rings. The van der Waals surface area contributed by atoms with E-state index in [2.05, 4.69) is 10.4 Å². The monoisotopic (exact) mass is 407 g/mol. The SMILES string of the molecule is CCOC(=O)c1c(C(=O)OC)nn(-c2ccc(NC(C)=O)cc2)c1-c1ccccc1. The van der Waals surface area contributed by atoms with Gasteiger partial charge in [0.2, 0.25) is 5.91 Å². The molecule has 0 aliphatic carbocycles. The quantitative estimate of drug-likeness (QED) is 0.628. The topological polar surface area (TPSA) is 99.5 Å². The van der Waals surface area contributed by atoms with E-state index in [-0.39, 0.29) is 23.8 Å². The molecule has 0 saturated heterocycles. The molecule has 1 aromatic heterocycles. The molecule has 0 bridgehead atoms. The Morgan fingerprint density at radius 1 is 1.00 bits per heavy atom. The van der Waals surface area contributed by atoms with E-state index in [4.69, 9.17) is 9.47 Å². The zero-order valence-corrected chi connectivity index (χ0v) is 16.8. The van der Waals surface area contributed by atoms with Crippen molar-refractivity contribution in [2.75, 3.05) is 19.0 Å². The van der Waals surface area contributed by atoms with E-state index in [1.165, 1.54) is 18.7 Å². The molecule has 0 radical (unpaired) electrons.